The minimum absolute atomic E-state index is 0.0258. The molecule has 0 aliphatic carbocycles. The average molecular weight is 288 g/mol. The van der Waals surface area contributed by atoms with Gasteiger partial charge in [0.05, 0.1) is 31.9 Å². The Morgan fingerprint density at radius 2 is 2.42 bits per heavy atom. The molecule has 1 unspecified atom stereocenters. The fourth-order valence-corrected chi connectivity index (χ4v) is 2.26. The second-order valence-corrected chi connectivity index (χ2v) is 4.54. The first kappa shape index (κ1) is 14.1. The molecular weight excluding hydrogens is 273 g/mol. The summed E-state index contributed by atoms with van der Waals surface area (Å²) < 4.78 is 24.1. The summed E-state index contributed by atoms with van der Waals surface area (Å²) in [6.45, 7) is 1.24. The lowest BCUT2D eigenvalue weighted by Crippen LogP contribution is -2.49. The minimum atomic E-state index is -0.593. The molecule has 2 rings (SSSR count). The first-order chi connectivity index (χ1) is 9.17. The van der Waals surface area contributed by atoms with Gasteiger partial charge in [0.15, 0.2) is 0 Å². The van der Waals surface area contributed by atoms with Crippen LogP contribution in [0.25, 0.3) is 0 Å². The SMILES string of the molecule is COc1ccc(C(=O)N2CCOCC2CCl)c(F)c1. The van der Waals surface area contributed by atoms with Crippen LogP contribution in [0.15, 0.2) is 18.2 Å². The van der Waals surface area contributed by atoms with Crippen molar-refractivity contribution in [3.8, 4) is 5.75 Å². The molecule has 1 saturated heterocycles. The summed E-state index contributed by atoms with van der Waals surface area (Å²) in [5.74, 6) is -0.313. The number of rotatable bonds is 3. The Balaban J connectivity index is 2.23. The summed E-state index contributed by atoms with van der Waals surface area (Å²) in [7, 11) is 1.45. The zero-order chi connectivity index (χ0) is 13.8. The van der Waals surface area contributed by atoms with E-state index in [4.69, 9.17) is 21.1 Å². The van der Waals surface area contributed by atoms with E-state index in [1.807, 2.05) is 0 Å². The van der Waals surface area contributed by atoms with Crippen LogP contribution in [0.2, 0.25) is 0 Å². The van der Waals surface area contributed by atoms with Gasteiger partial charge in [-0.1, -0.05) is 0 Å². The van der Waals surface area contributed by atoms with Gasteiger partial charge < -0.3 is 14.4 Å². The summed E-state index contributed by atoms with van der Waals surface area (Å²) in [6.07, 6.45) is 0. The van der Waals surface area contributed by atoms with Crippen LogP contribution >= 0.6 is 11.6 Å². The predicted molar refractivity (Wildman–Crippen MR) is 69.3 cm³/mol. The Morgan fingerprint density at radius 3 is 3.05 bits per heavy atom. The molecule has 19 heavy (non-hydrogen) atoms. The van der Waals surface area contributed by atoms with Crippen molar-refractivity contribution in [3.63, 3.8) is 0 Å². The van der Waals surface area contributed by atoms with Crippen LogP contribution in [0.5, 0.6) is 5.75 Å². The predicted octanol–water partition coefficient (Wildman–Crippen LogP) is 1.91. The first-order valence-corrected chi connectivity index (χ1v) is 6.49. The molecule has 1 aromatic carbocycles. The monoisotopic (exact) mass is 287 g/mol. The van der Waals surface area contributed by atoms with Crippen LogP contribution < -0.4 is 4.74 Å². The number of hydrogen-bond acceptors (Lipinski definition) is 3. The third kappa shape index (κ3) is 2.98. The molecule has 0 bridgehead atoms. The molecule has 104 valence electrons. The lowest BCUT2D eigenvalue weighted by atomic mass is 10.1. The number of amides is 1. The molecule has 1 amide bonds. The van der Waals surface area contributed by atoms with Crippen LogP contribution in [0, 0.1) is 5.82 Å². The van der Waals surface area contributed by atoms with Crippen molar-refractivity contribution in [1.29, 1.82) is 0 Å². The van der Waals surface area contributed by atoms with Crippen molar-refractivity contribution < 1.29 is 18.7 Å². The number of halogens is 2. The Morgan fingerprint density at radius 1 is 1.63 bits per heavy atom. The van der Waals surface area contributed by atoms with E-state index in [1.54, 1.807) is 11.0 Å². The maximum Gasteiger partial charge on any atom is 0.257 e. The molecule has 0 N–H and O–H groups in total. The van der Waals surface area contributed by atoms with Gasteiger partial charge in [-0.2, -0.15) is 0 Å². The number of nitrogens with zero attached hydrogens (tertiary/aromatic N) is 1. The number of ether oxygens (including phenoxy) is 2. The van der Waals surface area contributed by atoms with E-state index in [0.29, 0.717) is 25.5 Å². The number of carbonyl (C=O) groups excluding carboxylic acids is 1. The fraction of sp³-hybridized carbons (Fsp3) is 0.462. The number of hydrogen-bond donors (Lipinski definition) is 0. The number of alkyl halides is 1. The number of morpholine rings is 1. The number of methoxy groups -OCH3 is 1. The Hall–Kier alpha value is -1.33. The van der Waals surface area contributed by atoms with Gasteiger partial charge in [-0.15, -0.1) is 11.6 Å². The Bertz CT molecular complexity index is 469. The summed E-state index contributed by atoms with van der Waals surface area (Å²) in [4.78, 5) is 13.9. The molecular formula is C13H15ClFNO3. The largest absolute Gasteiger partial charge is 0.497 e. The van der Waals surface area contributed by atoms with E-state index in [0.717, 1.165) is 0 Å². The normalized spacial score (nSPS) is 19.3. The molecule has 1 aliphatic rings. The highest BCUT2D eigenvalue weighted by Crippen LogP contribution is 2.20. The van der Waals surface area contributed by atoms with E-state index in [9.17, 15) is 9.18 Å². The summed E-state index contributed by atoms with van der Waals surface area (Å²) in [5, 5.41) is 0. The molecule has 1 fully saturated rings. The van der Waals surface area contributed by atoms with Crippen molar-refractivity contribution in [2.45, 2.75) is 6.04 Å². The van der Waals surface area contributed by atoms with Crippen molar-refractivity contribution in [2.75, 3.05) is 32.7 Å². The number of benzene rings is 1. The molecule has 0 spiro atoms. The zero-order valence-corrected chi connectivity index (χ0v) is 11.3. The molecule has 1 aromatic rings. The van der Waals surface area contributed by atoms with Crippen molar-refractivity contribution >= 4 is 17.5 Å². The van der Waals surface area contributed by atoms with Gasteiger partial charge in [0.25, 0.3) is 5.91 Å². The molecule has 0 aromatic heterocycles. The molecule has 1 aliphatic heterocycles. The highest BCUT2D eigenvalue weighted by atomic mass is 35.5. The second-order valence-electron chi connectivity index (χ2n) is 4.23. The van der Waals surface area contributed by atoms with Gasteiger partial charge in [0.2, 0.25) is 0 Å². The summed E-state index contributed by atoms with van der Waals surface area (Å²) >= 11 is 5.81. The molecule has 1 heterocycles. The van der Waals surface area contributed by atoms with Crippen LogP contribution in [0.3, 0.4) is 0 Å². The third-order valence-electron chi connectivity index (χ3n) is 3.07. The van der Waals surface area contributed by atoms with Crippen molar-refractivity contribution in [3.05, 3.63) is 29.6 Å². The topological polar surface area (TPSA) is 38.8 Å². The average Bonchev–Trinajstić information content (AvgIpc) is 2.46. The van der Waals surface area contributed by atoms with Crippen LogP contribution in [-0.2, 0) is 4.74 Å². The quantitative estimate of drug-likeness (QED) is 0.797. The fourth-order valence-electron chi connectivity index (χ4n) is 2.00. The Labute approximate surface area is 116 Å². The summed E-state index contributed by atoms with van der Waals surface area (Å²) in [5.41, 5.74) is 0.0258. The smallest absolute Gasteiger partial charge is 0.257 e. The maximum atomic E-state index is 13.9. The molecule has 6 heteroatoms. The second kappa shape index (κ2) is 6.21. The van der Waals surface area contributed by atoms with Gasteiger partial charge in [-0.25, -0.2) is 4.39 Å². The van der Waals surface area contributed by atoms with Crippen LogP contribution in [0.4, 0.5) is 4.39 Å². The van der Waals surface area contributed by atoms with Crippen LogP contribution in [-0.4, -0.2) is 49.6 Å². The maximum absolute atomic E-state index is 13.9. The molecule has 4 nitrogen and oxygen atoms in total. The van der Waals surface area contributed by atoms with E-state index < -0.39 is 5.82 Å². The van der Waals surface area contributed by atoms with Crippen molar-refractivity contribution in [1.82, 2.24) is 4.90 Å². The zero-order valence-electron chi connectivity index (χ0n) is 10.6. The highest BCUT2D eigenvalue weighted by molar-refractivity contribution is 6.18. The van der Waals surface area contributed by atoms with E-state index in [-0.39, 0.29) is 23.4 Å². The molecule has 0 radical (unpaired) electrons. The van der Waals surface area contributed by atoms with Gasteiger partial charge in [0.1, 0.15) is 11.6 Å². The van der Waals surface area contributed by atoms with E-state index in [2.05, 4.69) is 0 Å². The molecule has 1 atom stereocenters. The van der Waals surface area contributed by atoms with E-state index >= 15 is 0 Å². The van der Waals surface area contributed by atoms with Gasteiger partial charge in [0, 0.05) is 18.5 Å². The van der Waals surface area contributed by atoms with Crippen molar-refractivity contribution in [2.24, 2.45) is 0 Å². The lowest BCUT2D eigenvalue weighted by molar-refractivity contribution is 0.00431. The summed E-state index contributed by atoms with van der Waals surface area (Å²) in [6, 6.07) is 3.97. The van der Waals surface area contributed by atoms with Gasteiger partial charge in [-0.3, -0.25) is 4.79 Å². The van der Waals surface area contributed by atoms with Crippen LogP contribution in [0.1, 0.15) is 10.4 Å². The number of carbonyl (C=O) groups is 1. The van der Waals surface area contributed by atoms with Gasteiger partial charge >= 0.3 is 0 Å². The minimum Gasteiger partial charge on any atom is -0.497 e. The molecule has 0 saturated carbocycles. The standard InChI is InChI=1S/C13H15ClFNO3/c1-18-10-2-3-11(12(15)6-10)13(17)16-4-5-19-8-9(16)7-14/h2-3,6,9H,4-5,7-8H2,1H3. The Kier molecular flexibility index (Phi) is 4.61. The van der Waals surface area contributed by atoms with E-state index in [1.165, 1.54) is 19.2 Å². The highest BCUT2D eigenvalue weighted by Gasteiger charge is 2.28. The third-order valence-corrected chi connectivity index (χ3v) is 3.43. The van der Waals surface area contributed by atoms with Gasteiger partial charge in [-0.05, 0) is 12.1 Å². The first-order valence-electron chi connectivity index (χ1n) is 5.95. The lowest BCUT2D eigenvalue weighted by Gasteiger charge is -2.34.